The minimum absolute atomic E-state index is 0.446. The lowest BCUT2D eigenvalue weighted by Crippen LogP contribution is -2.50. The first-order valence-corrected chi connectivity index (χ1v) is 7.88. The minimum Gasteiger partial charge on any atom is -0.371 e. The van der Waals surface area contributed by atoms with Gasteiger partial charge in [-0.15, -0.1) is 0 Å². The number of hydrogen-bond donors (Lipinski definition) is 2. The summed E-state index contributed by atoms with van der Waals surface area (Å²) in [5.41, 5.74) is 8.67. The van der Waals surface area contributed by atoms with E-state index in [9.17, 15) is 4.79 Å². The third-order valence-corrected chi connectivity index (χ3v) is 4.23. The minimum atomic E-state index is -0.629. The number of carbonyl (C=O) groups excluding carboxylic acids is 1. The molecule has 0 spiro atoms. The van der Waals surface area contributed by atoms with Crippen LogP contribution in [-0.4, -0.2) is 44.1 Å². The highest BCUT2D eigenvalue weighted by Crippen LogP contribution is 2.20. The summed E-state index contributed by atoms with van der Waals surface area (Å²) in [6.45, 7) is 3.89. The molecule has 22 heavy (non-hydrogen) atoms. The van der Waals surface area contributed by atoms with Crippen molar-refractivity contribution in [2.24, 2.45) is 4.99 Å². The molecule has 2 aliphatic heterocycles. The van der Waals surface area contributed by atoms with E-state index in [4.69, 9.17) is 5.73 Å². The average molecular weight is 300 g/mol. The van der Waals surface area contributed by atoms with E-state index in [2.05, 4.69) is 20.5 Å². The van der Waals surface area contributed by atoms with Crippen LogP contribution in [0.1, 0.15) is 29.6 Å². The van der Waals surface area contributed by atoms with Crippen LogP contribution in [0.2, 0.25) is 0 Å². The van der Waals surface area contributed by atoms with E-state index in [1.165, 1.54) is 0 Å². The number of guanidine groups is 1. The summed E-state index contributed by atoms with van der Waals surface area (Å²) < 4.78 is 0. The molecule has 1 amide bonds. The van der Waals surface area contributed by atoms with Crippen LogP contribution < -0.4 is 21.3 Å². The number of anilines is 1. The molecule has 0 aliphatic carbocycles. The maximum absolute atomic E-state index is 11.0. The first-order chi connectivity index (χ1) is 10.7. The third-order valence-electron chi connectivity index (χ3n) is 4.23. The Morgan fingerprint density at radius 3 is 2.59 bits per heavy atom. The number of hydrogen-bond acceptors (Lipinski definition) is 5. The standard InChI is InChI=1S/C16H22N5O/c17-15(22)12-2-4-14(5-3-12)21-10-6-13(7-11-21)20-16-18-8-1-9-19-16/h2-5,13,17H,1,6-11H2,(H2,18,19,20). The van der Waals surface area contributed by atoms with Gasteiger partial charge in [0.25, 0.3) is 5.91 Å². The van der Waals surface area contributed by atoms with Crippen LogP contribution in [0.15, 0.2) is 29.3 Å². The van der Waals surface area contributed by atoms with Crippen LogP contribution in [0.5, 0.6) is 0 Å². The molecule has 1 aromatic carbocycles. The van der Waals surface area contributed by atoms with E-state index in [-0.39, 0.29) is 0 Å². The van der Waals surface area contributed by atoms with Gasteiger partial charge in [-0.05, 0) is 43.5 Å². The van der Waals surface area contributed by atoms with E-state index in [0.29, 0.717) is 11.6 Å². The van der Waals surface area contributed by atoms with Crippen molar-refractivity contribution in [3.63, 3.8) is 0 Å². The summed E-state index contributed by atoms with van der Waals surface area (Å²) >= 11 is 0. The smallest absolute Gasteiger partial charge is 0.269 e. The Kier molecular flexibility index (Phi) is 4.46. The predicted octanol–water partition coefficient (Wildman–Crippen LogP) is 1.02. The van der Waals surface area contributed by atoms with Crippen LogP contribution in [0.3, 0.4) is 0 Å². The van der Waals surface area contributed by atoms with Crippen LogP contribution in [0.25, 0.3) is 0 Å². The molecule has 1 radical (unpaired) electrons. The molecular weight excluding hydrogens is 278 g/mol. The maximum Gasteiger partial charge on any atom is 0.269 e. The second-order valence-electron chi connectivity index (χ2n) is 5.79. The molecule has 3 N–H and O–H groups in total. The largest absolute Gasteiger partial charge is 0.371 e. The van der Waals surface area contributed by atoms with E-state index in [1.807, 2.05) is 12.1 Å². The van der Waals surface area contributed by atoms with Crippen LogP contribution in [0, 0.1) is 0 Å². The fraction of sp³-hybridized carbons (Fsp3) is 0.500. The van der Waals surface area contributed by atoms with E-state index >= 15 is 0 Å². The maximum atomic E-state index is 11.0. The number of nitrogens with one attached hydrogen (secondary N) is 3. The Labute approximate surface area is 130 Å². The van der Waals surface area contributed by atoms with Crippen molar-refractivity contribution >= 4 is 17.6 Å². The second-order valence-corrected chi connectivity index (χ2v) is 5.79. The van der Waals surface area contributed by atoms with Crippen molar-refractivity contribution in [1.82, 2.24) is 16.4 Å². The zero-order chi connectivity index (χ0) is 15.4. The topological polar surface area (TPSA) is 80.5 Å². The predicted molar refractivity (Wildman–Crippen MR) is 87.2 cm³/mol. The van der Waals surface area contributed by atoms with Gasteiger partial charge >= 0.3 is 0 Å². The lowest BCUT2D eigenvalue weighted by atomic mass is 10.0. The molecule has 2 heterocycles. The van der Waals surface area contributed by atoms with Gasteiger partial charge in [-0.2, -0.15) is 0 Å². The third kappa shape index (κ3) is 3.50. The first kappa shape index (κ1) is 14.7. The fourth-order valence-electron chi connectivity index (χ4n) is 2.93. The number of amides is 1. The highest BCUT2D eigenvalue weighted by atomic mass is 16.1. The zero-order valence-electron chi connectivity index (χ0n) is 12.6. The van der Waals surface area contributed by atoms with E-state index in [1.54, 1.807) is 12.1 Å². The van der Waals surface area contributed by atoms with Crippen molar-refractivity contribution < 1.29 is 4.79 Å². The second kappa shape index (κ2) is 6.68. The first-order valence-electron chi connectivity index (χ1n) is 7.88. The van der Waals surface area contributed by atoms with Crippen molar-refractivity contribution in [3.8, 4) is 0 Å². The molecule has 0 atom stereocenters. The Hall–Kier alpha value is -2.24. The van der Waals surface area contributed by atoms with Gasteiger partial charge in [-0.25, -0.2) is 0 Å². The van der Waals surface area contributed by atoms with Gasteiger partial charge in [0.05, 0.1) is 0 Å². The number of aliphatic imine (C=N–C) groups is 1. The molecule has 1 fully saturated rings. The SMILES string of the molecule is [NH]C(=O)c1ccc(N2CCC(NC3=NCCCN3)CC2)cc1. The van der Waals surface area contributed by atoms with Crippen LogP contribution in [0.4, 0.5) is 5.69 Å². The summed E-state index contributed by atoms with van der Waals surface area (Å²) in [5.74, 6) is 0.318. The Morgan fingerprint density at radius 2 is 2.00 bits per heavy atom. The highest BCUT2D eigenvalue weighted by Gasteiger charge is 2.20. The van der Waals surface area contributed by atoms with Gasteiger partial charge in [-0.1, -0.05) is 0 Å². The zero-order valence-corrected chi connectivity index (χ0v) is 12.6. The van der Waals surface area contributed by atoms with E-state index in [0.717, 1.165) is 57.1 Å². The molecule has 0 bridgehead atoms. The average Bonchev–Trinajstić information content (AvgIpc) is 2.57. The molecular formula is C16H22N5O. The van der Waals surface area contributed by atoms with Gasteiger partial charge in [0.2, 0.25) is 0 Å². The molecule has 1 saturated heterocycles. The van der Waals surface area contributed by atoms with Crippen LogP contribution in [-0.2, 0) is 0 Å². The molecule has 3 rings (SSSR count). The molecule has 1 aromatic rings. The normalized spacial score (nSPS) is 19.3. The summed E-state index contributed by atoms with van der Waals surface area (Å²) in [6, 6.07) is 7.80. The van der Waals surface area contributed by atoms with Gasteiger partial charge in [-0.3, -0.25) is 15.5 Å². The van der Waals surface area contributed by atoms with Crippen molar-refractivity contribution in [1.29, 1.82) is 0 Å². The number of rotatable bonds is 3. The monoisotopic (exact) mass is 300 g/mol. The van der Waals surface area contributed by atoms with Gasteiger partial charge in [0.15, 0.2) is 5.96 Å². The number of carbonyl (C=O) groups is 1. The summed E-state index contributed by atoms with van der Waals surface area (Å²) in [5, 5.41) is 6.80. The Morgan fingerprint density at radius 1 is 1.27 bits per heavy atom. The molecule has 6 nitrogen and oxygen atoms in total. The highest BCUT2D eigenvalue weighted by molar-refractivity contribution is 5.92. The lowest BCUT2D eigenvalue weighted by molar-refractivity contribution is 0.0992. The molecule has 0 aromatic heterocycles. The number of piperidine rings is 1. The summed E-state index contributed by atoms with van der Waals surface area (Å²) in [6.07, 6.45) is 3.25. The lowest BCUT2D eigenvalue weighted by Gasteiger charge is -2.35. The fourth-order valence-corrected chi connectivity index (χ4v) is 2.93. The van der Waals surface area contributed by atoms with Crippen molar-refractivity contribution in [2.45, 2.75) is 25.3 Å². The Balaban J connectivity index is 1.52. The van der Waals surface area contributed by atoms with Gasteiger partial charge < -0.3 is 15.5 Å². The van der Waals surface area contributed by atoms with Crippen LogP contribution >= 0.6 is 0 Å². The Bertz CT molecular complexity index is 546. The van der Waals surface area contributed by atoms with E-state index < -0.39 is 5.91 Å². The summed E-state index contributed by atoms with van der Waals surface area (Å²) in [7, 11) is 0. The van der Waals surface area contributed by atoms with Gasteiger partial charge in [0.1, 0.15) is 0 Å². The van der Waals surface area contributed by atoms with Gasteiger partial charge in [0, 0.05) is 43.5 Å². The number of nitrogens with zero attached hydrogens (tertiary/aromatic N) is 2. The molecule has 2 aliphatic rings. The van der Waals surface area contributed by atoms with Crippen molar-refractivity contribution in [2.75, 3.05) is 31.1 Å². The number of benzene rings is 1. The quantitative estimate of drug-likeness (QED) is 0.873. The van der Waals surface area contributed by atoms with Crippen molar-refractivity contribution in [3.05, 3.63) is 29.8 Å². The molecule has 0 unspecified atom stereocenters. The molecule has 6 heteroatoms. The summed E-state index contributed by atoms with van der Waals surface area (Å²) in [4.78, 5) is 17.8. The molecule has 117 valence electrons. The molecule has 0 saturated carbocycles.